The van der Waals surface area contributed by atoms with E-state index in [1.54, 1.807) is 10.9 Å². The van der Waals surface area contributed by atoms with E-state index in [-0.39, 0.29) is 20.1 Å². The summed E-state index contributed by atoms with van der Waals surface area (Å²) in [5.74, 6) is 0.734. The molecule has 1 aromatic carbocycles. The van der Waals surface area contributed by atoms with Gasteiger partial charge in [-0.3, -0.25) is 9.36 Å². The van der Waals surface area contributed by atoms with Gasteiger partial charge >= 0.3 is 0 Å². The van der Waals surface area contributed by atoms with E-state index in [2.05, 4.69) is 23.2 Å². The number of nitrogens with zero attached hydrogens (tertiary/aromatic N) is 4. The Labute approximate surface area is 131 Å². The van der Waals surface area contributed by atoms with Gasteiger partial charge in [0.2, 0.25) is 0 Å². The molecular weight excluding hydrogens is 428 g/mol. The minimum atomic E-state index is 0. The van der Waals surface area contributed by atoms with Crippen LogP contribution in [0.3, 0.4) is 0 Å². The van der Waals surface area contributed by atoms with Gasteiger partial charge in [0.15, 0.2) is 0 Å². The third-order valence-corrected chi connectivity index (χ3v) is 2.92. The molecular formula is C15H15IrN4-. The number of aromatic nitrogens is 4. The Kier molecular flexibility index (Phi) is 4.88. The molecule has 3 aromatic rings. The van der Waals surface area contributed by atoms with Crippen LogP contribution in [-0.2, 0) is 26.5 Å². The van der Waals surface area contributed by atoms with E-state index in [0.29, 0.717) is 0 Å². The number of rotatable bonds is 4. The maximum Gasteiger partial charge on any atom is 0.0614 e. The Hall–Kier alpha value is -1.71. The van der Waals surface area contributed by atoms with Gasteiger partial charge < -0.3 is 6.07 Å². The molecule has 1 radical (unpaired) electrons. The predicted molar refractivity (Wildman–Crippen MR) is 73.5 cm³/mol. The van der Waals surface area contributed by atoms with Crippen molar-refractivity contribution in [2.24, 2.45) is 0 Å². The third kappa shape index (κ3) is 2.89. The van der Waals surface area contributed by atoms with Gasteiger partial charge in [-0.15, -0.1) is 5.69 Å². The Bertz CT molecular complexity index is 644. The zero-order valence-electron chi connectivity index (χ0n) is 11.2. The van der Waals surface area contributed by atoms with Crippen molar-refractivity contribution in [3.63, 3.8) is 0 Å². The molecule has 3 rings (SSSR count). The van der Waals surface area contributed by atoms with Gasteiger partial charge in [0.25, 0.3) is 0 Å². The first kappa shape index (κ1) is 14.7. The second kappa shape index (κ2) is 6.64. The van der Waals surface area contributed by atoms with Crippen LogP contribution in [0.25, 0.3) is 11.5 Å². The van der Waals surface area contributed by atoms with Crippen molar-refractivity contribution in [3.8, 4) is 11.5 Å². The number of hydrogen-bond donors (Lipinski definition) is 0. The summed E-state index contributed by atoms with van der Waals surface area (Å²) in [5, 5.41) is 8.81. The van der Waals surface area contributed by atoms with E-state index < -0.39 is 0 Å². The zero-order chi connectivity index (χ0) is 13.1. The SMILES string of the molecule is CCCc1[c-]c(-n2cccn2)nn1-c1ccccc1.[Ir]. The molecule has 0 amide bonds. The zero-order valence-corrected chi connectivity index (χ0v) is 13.6. The van der Waals surface area contributed by atoms with Crippen molar-refractivity contribution in [3.05, 3.63) is 60.6 Å². The van der Waals surface area contributed by atoms with Crippen LogP contribution in [0.2, 0.25) is 0 Å². The molecule has 0 aliphatic rings. The molecule has 0 atom stereocenters. The smallest absolute Gasteiger partial charge is 0.0614 e. The molecule has 0 spiro atoms. The van der Waals surface area contributed by atoms with Gasteiger partial charge in [0.05, 0.1) is 5.69 Å². The van der Waals surface area contributed by atoms with Crippen molar-refractivity contribution >= 4 is 0 Å². The fourth-order valence-electron chi connectivity index (χ4n) is 2.05. The van der Waals surface area contributed by atoms with Crippen LogP contribution >= 0.6 is 0 Å². The van der Waals surface area contributed by atoms with Gasteiger partial charge in [-0.1, -0.05) is 31.5 Å². The molecule has 5 heteroatoms. The Morgan fingerprint density at radius 2 is 1.95 bits per heavy atom. The van der Waals surface area contributed by atoms with Crippen LogP contribution in [0.4, 0.5) is 0 Å². The van der Waals surface area contributed by atoms with Gasteiger partial charge in [0.1, 0.15) is 0 Å². The molecule has 0 saturated carbocycles. The normalized spacial score (nSPS) is 10.2. The first-order valence-electron chi connectivity index (χ1n) is 6.45. The number of benzene rings is 1. The summed E-state index contributed by atoms with van der Waals surface area (Å²) in [7, 11) is 0. The van der Waals surface area contributed by atoms with Crippen molar-refractivity contribution in [1.29, 1.82) is 0 Å². The predicted octanol–water partition coefficient (Wildman–Crippen LogP) is 2.81. The van der Waals surface area contributed by atoms with Crippen molar-refractivity contribution in [2.45, 2.75) is 19.8 Å². The summed E-state index contributed by atoms with van der Waals surface area (Å²) >= 11 is 0. The second-order valence-electron chi connectivity index (χ2n) is 4.34. The van der Waals surface area contributed by atoms with Crippen molar-refractivity contribution in [1.82, 2.24) is 19.6 Å². The number of aryl methyl sites for hydroxylation is 1. The first-order valence-corrected chi connectivity index (χ1v) is 6.45. The summed E-state index contributed by atoms with van der Waals surface area (Å²) < 4.78 is 3.68. The van der Waals surface area contributed by atoms with Crippen LogP contribution in [0.15, 0.2) is 48.8 Å². The fourth-order valence-corrected chi connectivity index (χ4v) is 2.05. The fraction of sp³-hybridized carbons (Fsp3) is 0.200. The molecule has 4 nitrogen and oxygen atoms in total. The summed E-state index contributed by atoms with van der Waals surface area (Å²) in [6.45, 7) is 2.16. The molecule has 20 heavy (non-hydrogen) atoms. The van der Waals surface area contributed by atoms with Gasteiger partial charge in [-0.05, 0) is 30.4 Å². The third-order valence-electron chi connectivity index (χ3n) is 2.92. The number of para-hydroxylation sites is 1. The van der Waals surface area contributed by atoms with E-state index in [1.807, 2.05) is 47.3 Å². The summed E-state index contributed by atoms with van der Waals surface area (Å²) in [6.07, 6.45) is 5.63. The minimum absolute atomic E-state index is 0. The van der Waals surface area contributed by atoms with Crippen molar-refractivity contribution in [2.75, 3.05) is 0 Å². The summed E-state index contributed by atoms with van der Waals surface area (Å²) in [4.78, 5) is 0. The van der Waals surface area contributed by atoms with E-state index in [1.165, 1.54) is 0 Å². The quantitative estimate of drug-likeness (QED) is 0.582. The first-order chi connectivity index (χ1) is 9.38. The van der Waals surface area contributed by atoms with Gasteiger partial charge in [0, 0.05) is 32.5 Å². The monoisotopic (exact) mass is 444 g/mol. The molecule has 0 N–H and O–H groups in total. The molecule has 2 heterocycles. The standard InChI is InChI=1S/C15H15N4.Ir/c1-2-7-14-12-15(18-11-6-10-16-18)17-19(14)13-8-4-3-5-9-13;/h3-6,8-11H,2,7H2,1H3;/q-1;. The Morgan fingerprint density at radius 1 is 1.15 bits per heavy atom. The van der Waals surface area contributed by atoms with E-state index in [4.69, 9.17) is 0 Å². The number of hydrogen-bond acceptors (Lipinski definition) is 2. The topological polar surface area (TPSA) is 35.6 Å². The summed E-state index contributed by atoms with van der Waals surface area (Å²) in [5.41, 5.74) is 2.14. The van der Waals surface area contributed by atoms with Crippen LogP contribution in [0.5, 0.6) is 0 Å². The Balaban J connectivity index is 0.00000147. The molecule has 0 fully saturated rings. The van der Waals surface area contributed by atoms with Crippen molar-refractivity contribution < 1.29 is 20.1 Å². The van der Waals surface area contributed by atoms with Crippen LogP contribution in [-0.4, -0.2) is 19.6 Å². The minimum Gasteiger partial charge on any atom is -0.400 e. The van der Waals surface area contributed by atoms with E-state index >= 15 is 0 Å². The average molecular weight is 444 g/mol. The Morgan fingerprint density at radius 3 is 2.60 bits per heavy atom. The van der Waals surface area contributed by atoms with Gasteiger partial charge in [-0.25, -0.2) is 0 Å². The van der Waals surface area contributed by atoms with Crippen LogP contribution in [0.1, 0.15) is 19.0 Å². The van der Waals surface area contributed by atoms with Crippen LogP contribution in [0, 0.1) is 6.07 Å². The summed E-state index contributed by atoms with van der Waals surface area (Å²) in [6, 6.07) is 15.3. The van der Waals surface area contributed by atoms with Crippen LogP contribution < -0.4 is 0 Å². The van der Waals surface area contributed by atoms with Gasteiger partial charge in [-0.2, -0.15) is 10.2 Å². The molecule has 2 aromatic heterocycles. The van der Waals surface area contributed by atoms with E-state index in [9.17, 15) is 0 Å². The maximum absolute atomic E-state index is 4.60. The largest absolute Gasteiger partial charge is 0.400 e. The second-order valence-corrected chi connectivity index (χ2v) is 4.34. The molecule has 0 bridgehead atoms. The molecule has 0 saturated heterocycles. The molecule has 105 valence electrons. The maximum atomic E-state index is 4.60. The molecule has 0 aliphatic carbocycles. The van der Waals surface area contributed by atoms with E-state index in [0.717, 1.165) is 30.0 Å². The molecule has 0 aliphatic heterocycles. The molecule has 0 unspecified atom stereocenters. The average Bonchev–Trinajstić information content (AvgIpc) is 3.08.